The smallest absolute Gasteiger partial charge is 0.306 e. The Morgan fingerprint density at radius 3 is 1.41 bits per heavy atom. The quantitative estimate of drug-likeness (QED) is 0.128. The number of aliphatic hydroxyl groups excluding tert-OH is 1. The van der Waals surface area contributed by atoms with Gasteiger partial charge in [0.15, 0.2) is 0 Å². The molecule has 0 radical (unpaired) electrons. The number of nitrogens with one attached hydrogen (secondary N) is 1. The molecule has 4 N–H and O–H groups in total. The standard InChI is InChI=1S/C40H61NO8/c1-36(2,3)28-17-26(18-29(34(28)46)37(4,5)6)13-15-32(44)41-21-40(22-42,23-48-25-43)24-49-33(45)16-14-27-19-30(38(7,8)9)35(47)31(20-27)39(10,11)12/h17-20,25,42,46-47H,13-16,21-24H2,1-12H3,(H,41,44). The molecule has 2 rings (SSSR count). The van der Waals surface area contributed by atoms with Crippen LogP contribution in [0.3, 0.4) is 0 Å². The highest BCUT2D eigenvalue weighted by Crippen LogP contribution is 2.41. The molecule has 0 bridgehead atoms. The van der Waals surface area contributed by atoms with E-state index in [1.807, 2.05) is 107 Å². The molecule has 0 heterocycles. The molecule has 274 valence electrons. The van der Waals surface area contributed by atoms with Crippen LogP contribution in [-0.4, -0.2) is 60.0 Å². The average Bonchev–Trinajstić information content (AvgIpc) is 2.97. The predicted molar refractivity (Wildman–Crippen MR) is 193 cm³/mol. The van der Waals surface area contributed by atoms with Crippen molar-refractivity contribution in [1.29, 1.82) is 0 Å². The molecule has 1 unspecified atom stereocenters. The van der Waals surface area contributed by atoms with Gasteiger partial charge in [0.05, 0.1) is 12.0 Å². The second kappa shape index (κ2) is 16.0. The zero-order valence-electron chi connectivity index (χ0n) is 31.9. The fourth-order valence-electron chi connectivity index (χ4n) is 5.65. The number of aryl methyl sites for hydroxylation is 2. The van der Waals surface area contributed by atoms with E-state index in [0.29, 0.717) is 12.8 Å². The van der Waals surface area contributed by atoms with Gasteiger partial charge in [-0.25, -0.2) is 0 Å². The maximum atomic E-state index is 13.0. The fourth-order valence-corrected chi connectivity index (χ4v) is 5.65. The summed E-state index contributed by atoms with van der Waals surface area (Å²) in [7, 11) is 0. The summed E-state index contributed by atoms with van der Waals surface area (Å²) in [6, 6.07) is 7.74. The van der Waals surface area contributed by atoms with Crippen molar-refractivity contribution in [2.24, 2.45) is 5.41 Å². The molecule has 0 spiro atoms. The lowest BCUT2D eigenvalue weighted by atomic mass is 9.78. The lowest BCUT2D eigenvalue weighted by Crippen LogP contribution is -2.47. The van der Waals surface area contributed by atoms with Crippen molar-refractivity contribution < 1.29 is 39.2 Å². The van der Waals surface area contributed by atoms with Gasteiger partial charge in [0.1, 0.15) is 24.7 Å². The molecule has 0 aliphatic carbocycles. The zero-order chi connectivity index (χ0) is 37.6. The molecule has 0 saturated carbocycles. The van der Waals surface area contributed by atoms with Crippen LogP contribution in [0.5, 0.6) is 11.5 Å². The van der Waals surface area contributed by atoms with Crippen LogP contribution in [0, 0.1) is 5.41 Å². The van der Waals surface area contributed by atoms with Crippen LogP contribution in [-0.2, 0) is 58.4 Å². The van der Waals surface area contributed by atoms with Crippen LogP contribution in [0.25, 0.3) is 0 Å². The number of ether oxygens (including phenoxy) is 2. The van der Waals surface area contributed by atoms with Crippen molar-refractivity contribution in [2.45, 2.75) is 130 Å². The first-order chi connectivity index (χ1) is 22.3. The molecule has 0 aliphatic heterocycles. The lowest BCUT2D eigenvalue weighted by Gasteiger charge is -2.30. The molecular formula is C40H61NO8. The van der Waals surface area contributed by atoms with E-state index in [-0.39, 0.29) is 78.1 Å². The van der Waals surface area contributed by atoms with Crippen LogP contribution in [0.1, 0.15) is 129 Å². The number of phenolic OH excluding ortho intramolecular Hbond substituents is 2. The third-order valence-corrected chi connectivity index (χ3v) is 8.82. The average molecular weight is 684 g/mol. The molecule has 1 amide bonds. The second-order valence-corrected chi connectivity index (χ2v) is 17.6. The van der Waals surface area contributed by atoms with Gasteiger partial charge < -0.3 is 30.1 Å². The highest BCUT2D eigenvalue weighted by Gasteiger charge is 2.34. The van der Waals surface area contributed by atoms with Gasteiger partial charge in [-0.15, -0.1) is 0 Å². The zero-order valence-corrected chi connectivity index (χ0v) is 31.9. The summed E-state index contributed by atoms with van der Waals surface area (Å²) in [5.41, 5.74) is 2.62. The molecule has 2 aromatic carbocycles. The van der Waals surface area contributed by atoms with E-state index in [2.05, 4.69) is 5.32 Å². The molecular weight excluding hydrogens is 622 g/mol. The Balaban J connectivity index is 2.13. The third kappa shape index (κ3) is 11.8. The number of hydrogen-bond donors (Lipinski definition) is 4. The van der Waals surface area contributed by atoms with Gasteiger partial charge in [-0.3, -0.25) is 14.4 Å². The molecule has 0 saturated heterocycles. The largest absolute Gasteiger partial charge is 0.507 e. The molecule has 0 aromatic heterocycles. The van der Waals surface area contributed by atoms with E-state index in [9.17, 15) is 29.7 Å². The Labute approximate surface area is 293 Å². The van der Waals surface area contributed by atoms with Gasteiger partial charge >= 0.3 is 5.97 Å². The van der Waals surface area contributed by atoms with Gasteiger partial charge in [-0.1, -0.05) is 107 Å². The molecule has 0 fully saturated rings. The summed E-state index contributed by atoms with van der Waals surface area (Å²) < 4.78 is 10.6. The maximum absolute atomic E-state index is 13.0. The minimum atomic E-state index is -1.24. The van der Waals surface area contributed by atoms with Gasteiger partial charge in [0.2, 0.25) is 5.91 Å². The first-order valence-electron chi connectivity index (χ1n) is 17.2. The number of rotatable bonds is 14. The normalized spacial score (nSPS) is 13.8. The van der Waals surface area contributed by atoms with E-state index in [0.717, 1.165) is 33.4 Å². The van der Waals surface area contributed by atoms with E-state index in [4.69, 9.17) is 9.47 Å². The van der Waals surface area contributed by atoms with Crippen molar-refractivity contribution in [3.05, 3.63) is 57.6 Å². The summed E-state index contributed by atoms with van der Waals surface area (Å²) >= 11 is 0. The summed E-state index contributed by atoms with van der Waals surface area (Å²) in [6.07, 6.45) is 1.01. The van der Waals surface area contributed by atoms with Crippen LogP contribution in [0.2, 0.25) is 0 Å². The van der Waals surface area contributed by atoms with Gasteiger partial charge in [-0.05, 0) is 67.9 Å². The predicted octanol–water partition coefficient (Wildman–Crippen LogP) is 6.66. The number of aromatic hydroxyl groups is 2. The van der Waals surface area contributed by atoms with Crippen molar-refractivity contribution >= 4 is 18.3 Å². The third-order valence-electron chi connectivity index (χ3n) is 8.82. The number of phenols is 2. The number of carbonyl (C=O) groups is 3. The SMILES string of the molecule is CC(C)(C)c1cc(CCC(=O)NCC(CO)(COC=O)COC(=O)CCc2cc(C(C)(C)C)c(O)c(C(C)(C)C)c2)cc(C(C)(C)C)c1O. The second-order valence-electron chi connectivity index (χ2n) is 17.6. The minimum absolute atomic E-state index is 0.0556. The number of amides is 1. The van der Waals surface area contributed by atoms with Gasteiger partial charge in [0, 0.05) is 19.4 Å². The Morgan fingerprint density at radius 1 is 0.673 bits per heavy atom. The topological polar surface area (TPSA) is 142 Å². The summed E-state index contributed by atoms with van der Waals surface area (Å²) in [5.74, 6) is -0.245. The van der Waals surface area contributed by atoms with Crippen LogP contribution in [0.15, 0.2) is 24.3 Å². The number of hydrogen-bond acceptors (Lipinski definition) is 8. The number of esters is 1. The Hall–Kier alpha value is -3.59. The Kier molecular flexibility index (Phi) is 13.5. The van der Waals surface area contributed by atoms with E-state index in [1.165, 1.54) is 0 Å². The fraction of sp³-hybridized carbons (Fsp3) is 0.625. The molecule has 0 aliphatic rings. The summed E-state index contributed by atoms with van der Waals surface area (Å²) in [5, 5.41) is 35.2. The van der Waals surface area contributed by atoms with E-state index < -0.39 is 18.0 Å². The van der Waals surface area contributed by atoms with Crippen molar-refractivity contribution in [3.8, 4) is 11.5 Å². The molecule has 9 heteroatoms. The van der Waals surface area contributed by atoms with Crippen molar-refractivity contribution in [1.82, 2.24) is 5.32 Å². The lowest BCUT2D eigenvalue weighted by molar-refractivity contribution is -0.151. The first-order valence-corrected chi connectivity index (χ1v) is 17.2. The van der Waals surface area contributed by atoms with Crippen molar-refractivity contribution in [3.63, 3.8) is 0 Å². The van der Waals surface area contributed by atoms with E-state index >= 15 is 0 Å². The van der Waals surface area contributed by atoms with Crippen molar-refractivity contribution in [2.75, 3.05) is 26.4 Å². The number of carbonyl (C=O) groups excluding carboxylic acids is 3. The van der Waals surface area contributed by atoms with Gasteiger partial charge in [-0.2, -0.15) is 0 Å². The molecule has 2 aromatic rings. The first kappa shape index (κ1) is 41.6. The Bertz CT molecular complexity index is 1290. The van der Waals surface area contributed by atoms with Gasteiger partial charge in [0.25, 0.3) is 6.47 Å². The summed E-state index contributed by atoms with van der Waals surface area (Å²) in [6.45, 7) is 23.5. The molecule has 49 heavy (non-hydrogen) atoms. The molecule has 1 atom stereocenters. The monoisotopic (exact) mass is 683 g/mol. The summed E-state index contributed by atoms with van der Waals surface area (Å²) in [4.78, 5) is 37.0. The highest BCUT2D eigenvalue weighted by atomic mass is 16.5. The van der Waals surface area contributed by atoms with Crippen LogP contribution >= 0.6 is 0 Å². The Morgan fingerprint density at radius 2 is 1.06 bits per heavy atom. The highest BCUT2D eigenvalue weighted by molar-refractivity contribution is 5.76. The maximum Gasteiger partial charge on any atom is 0.306 e. The minimum Gasteiger partial charge on any atom is -0.507 e. The number of aliphatic hydroxyl groups is 1. The van der Waals surface area contributed by atoms with Crippen LogP contribution < -0.4 is 5.32 Å². The molecule has 9 nitrogen and oxygen atoms in total. The van der Waals surface area contributed by atoms with E-state index in [1.54, 1.807) is 0 Å². The van der Waals surface area contributed by atoms with Crippen LogP contribution in [0.4, 0.5) is 0 Å². The number of benzene rings is 2.